The van der Waals surface area contributed by atoms with E-state index in [2.05, 4.69) is 0 Å². The van der Waals surface area contributed by atoms with Gasteiger partial charge in [-0.25, -0.2) is 9.59 Å². The van der Waals surface area contributed by atoms with E-state index in [-0.39, 0.29) is 13.2 Å². The van der Waals surface area contributed by atoms with Gasteiger partial charge in [-0.3, -0.25) is 0 Å². The minimum Gasteiger partial charge on any atom is -0.479 e. The molecule has 2 unspecified atom stereocenters. The van der Waals surface area contributed by atoms with Gasteiger partial charge in [0.05, 0.1) is 13.2 Å². The molecule has 2 rings (SSSR count). The standard InChI is InChI=1S/2C6H6O3S.C2H6O2/c2*7-5(6(8)9)4-2-1-3-10-4;3-1-2-4/h2*1-3,5,7H,(H,8,9);3-4H,1-2H2. The molecule has 6 N–H and O–H groups in total. The molecule has 2 aromatic heterocycles. The number of carboxylic acids is 2. The van der Waals surface area contributed by atoms with Crippen LogP contribution < -0.4 is 0 Å². The van der Waals surface area contributed by atoms with Gasteiger partial charge in [0, 0.05) is 9.75 Å². The number of rotatable bonds is 5. The van der Waals surface area contributed by atoms with E-state index in [1.807, 2.05) is 0 Å². The summed E-state index contributed by atoms with van der Waals surface area (Å²) < 4.78 is 0. The van der Waals surface area contributed by atoms with Crippen LogP contribution in [0.3, 0.4) is 0 Å². The summed E-state index contributed by atoms with van der Waals surface area (Å²) in [6.07, 6.45) is -2.72. The molecule has 0 aliphatic heterocycles. The lowest BCUT2D eigenvalue weighted by molar-refractivity contribution is -0.147. The summed E-state index contributed by atoms with van der Waals surface area (Å²) in [6.45, 7) is -0.250. The maximum absolute atomic E-state index is 10.2. The Labute approximate surface area is 145 Å². The molecule has 0 aromatic carbocycles. The van der Waals surface area contributed by atoms with E-state index in [9.17, 15) is 9.59 Å². The highest BCUT2D eigenvalue weighted by atomic mass is 32.1. The number of thiophene rings is 2. The zero-order valence-corrected chi connectivity index (χ0v) is 14.0. The van der Waals surface area contributed by atoms with E-state index in [1.54, 1.807) is 35.0 Å². The quantitative estimate of drug-likeness (QED) is 0.444. The smallest absolute Gasteiger partial charge is 0.338 e. The second-order valence-corrected chi connectivity index (χ2v) is 5.92. The van der Waals surface area contributed by atoms with Crippen molar-refractivity contribution in [1.82, 2.24) is 0 Å². The average Bonchev–Trinajstić information content (AvgIpc) is 3.27. The summed E-state index contributed by atoms with van der Waals surface area (Å²) in [6, 6.07) is 6.57. The van der Waals surface area contributed by atoms with E-state index in [1.165, 1.54) is 22.7 Å². The van der Waals surface area contributed by atoms with Crippen LogP contribution in [0.2, 0.25) is 0 Å². The normalized spacial score (nSPS) is 12.0. The fraction of sp³-hybridized carbons (Fsp3) is 0.286. The van der Waals surface area contributed by atoms with Crippen molar-refractivity contribution in [2.45, 2.75) is 12.2 Å². The molecule has 2 atom stereocenters. The van der Waals surface area contributed by atoms with Crippen molar-refractivity contribution < 1.29 is 40.2 Å². The fourth-order valence-electron chi connectivity index (χ4n) is 1.14. The number of aliphatic hydroxyl groups is 4. The first-order valence-corrected chi connectivity index (χ1v) is 8.21. The number of aliphatic hydroxyl groups excluding tert-OH is 4. The molecule has 10 heteroatoms. The van der Waals surface area contributed by atoms with Gasteiger partial charge in [0.25, 0.3) is 0 Å². The Balaban J connectivity index is 0.000000363. The number of carbonyl (C=O) groups is 2. The highest BCUT2D eigenvalue weighted by Gasteiger charge is 2.16. The Bertz CT molecular complexity index is 515. The highest BCUT2D eigenvalue weighted by molar-refractivity contribution is 7.10. The van der Waals surface area contributed by atoms with Gasteiger partial charge in [0.15, 0.2) is 12.2 Å². The maximum Gasteiger partial charge on any atom is 0.338 e. The van der Waals surface area contributed by atoms with Gasteiger partial charge in [0.2, 0.25) is 0 Å². The Kier molecular flexibility index (Phi) is 11.6. The van der Waals surface area contributed by atoms with Crippen LogP contribution in [-0.2, 0) is 9.59 Å². The highest BCUT2D eigenvalue weighted by Crippen LogP contribution is 2.18. The molecule has 0 radical (unpaired) electrons. The summed E-state index contributed by atoms with van der Waals surface area (Å²) >= 11 is 2.46. The van der Waals surface area contributed by atoms with Crippen LogP contribution in [0.15, 0.2) is 35.0 Å². The minimum atomic E-state index is -1.36. The van der Waals surface area contributed by atoms with Crippen LogP contribution in [0, 0.1) is 0 Å². The van der Waals surface area contributed by atoms with Crippen molar-refractivity contribution in [2.75, 3.05) is 13.2 Å². The summed E-state index contributed by atoms with van der Waals surface area (Å²) in [5, 5.41) is 53.1. The SMILES string of the molecule is O=C(O)C(O)c1cccs1.O=C(O)C(O)c1cccs1.OCCO. The van der Waals surface area contributed by atoms with Gasteiger partial charge in [-0.2, -0.15) is 0 Å². The molecule has 134 valence electrons. The zero-order valence-electron chi connectivity index (χ0n) is 12.3. The predicted octanol–water partition coefficient (Wildman–Crippen LogP) is 0.703. The van der Waals surface area contributed by atoms with Crippen molar-refractivity contribution in [2.24, 2.45) is 0 Å². The molecular formula is C14H18O8S2. The molecular weight excluding hydrogens is 360 g/mol. The lowest BCUT2D eigenvalue weighted by Crippen LogP contribution is -2.08. The molecule has 0 fully saturated rings. The number of aliphatic carboxylic acids is 2. The van der Waals surface area contributed by atoms with Gasteiger partial charge in [0.1, 0.15) is 0 Å². The number of hydrogen-bond donors (Lipinski definition) is 6. The van der Waals surface area contributed by atoms with Gasteiger partial charge in [-0.15, -0.1) is 22.7 Å². The summed E-state index contributed by atoms with van der Waals surface area (Å²) in [7, 11) is 0. The zero-order chi connectivity index (χ0) is 18.5. The first kappa shape index (κ1) is 22.2. The third kappa shape index (κ3) is 8.72. The van der Waals surface area contributed by atoms with Crippen molar-refractivity contribution in [3.63, 3.8) is 0 Å². The molecule has 2 aromatic rings. The third-order valence-electron chi connectivity index (χ3n) is 2.19. The second kappa shape index (κ2) is 12.6. The van der Waals surface area contributed by atoms with Crippen molar-refractivity contribution >= 4 is 34.6 Å². The number of hydrogen-bond acceptors (Lipinski definition) is 8. The molecule has 0 spiro atoms. The predicted molar refractivity (Wildman–Crippen MR) is 88.0 cm³/mol. The molecule has 0 aliphatic rings. The van der Waals surface area contributed by atoms with Crippen molar-refractivity contribution in [1.29, 1.82) is 0 Å². The lowest BCUT2D eigenvalue weighted by atomic mass is 10.3. The van der Waals surface area contributed by atoms with E-state index < -0.39 is 24.1 Å². The van der Waals surface area contributed by atoms with Gasteiger partial charge >= 0.3 is 11.9 Å². The molecule has 0 aliphatic carbocycles. The molecule has 2 heterocycles. The van der Waals surface area contributed by atoms with Crippen LogP contribution in [0.5, 0.6) is 0 Å². The van der Waals surface area contributed by atoms with Crippen LogP contribution in [0.4, 0.5) is 0 Å². The van der Waals surface area contributed by atoms with Crippen LogP contribution in [0.1, 0.15) is 22.0 Å². The Morgan fingerprint density at radius 1 is 0.833 bits per heavy atom. The molecule has 0 amide bonds. The summed E-state index contributed by atoms with van der Waals surface area (Å²) in [5.41, 5.74) is 0. The van der Waals surface area contributed by atoms with Crippen molar-refractivity contribution in [3.8, 4) is 0 Å². The van der Waals surface area contributed by atoms with Gasteiger partial charge < -0.3 is 30.6 Å². The first-order chi connectivity index (χ1) is 11.3. The first-order valence-electron chi connectivity index (χ1n) is 6.45. The van der Waals surface area contributed by atoms with E-state index >= 15 is 0 Å². The Hall–Kier alpha value is -1.82. The molecule has 0 saturated heterocycles. The van der Waals surface area contributed by atoms with Gasteiger partial charge in [-0.05, 0) is 22.9 Å². The topological polar surface area (TPSA) is 156 Å². The molecule has 0 saturated carbocycles. The average molecular weight is 378 g/mol. The molecule has 0 bridgehead atoms. The van der Waals surface area contributed by atoms with E-state index in [4.69, 9.17) is 30.6 Å². The Morgan fingerprint density at radius 3 is 1.33 bits per heavy atom. The third-order valence-corrected chi connectivity index (χ3v) is 4.04. The minimum absolute atomic E-state index is 0.125. The monoisotopic (exact) mass is 378 g/mol. The second-order valence-electron chi connectivity index (χ2n) is 3.96. The van der Waals surface area contributed by atoms with E-state index in [0.717, 1.165) is 0 Å². The van der Waals surface area contributed by atoms with Gasteiger partial charge in [-0.1, -0.05) is 12.1 Å². The van der Waals surface area contributed by atoms with Crippen LogP contribution in [0.25, 0.3) is 0 Å². The van der Waals surface area contributed by atoms with Crippen LogP contribution in [-0.4, -0.2) is 55.8 Å². The summed E-state index contributed by atoms with van der Waals surface area (Å²) in [4.78, 5) is 21.2. The Morgan fingerprint density at radius 2 is 1.17 bits per heavy atom. The largest absolute Gasteiger partial charge is 0.479 e. The maximum atomic E-state index is 10.2. The number of carboxylic acid groups (broad SMARTS) is 2. The lowest BCUT2D eigenvalue weighted by Gasteiger charge is -1.98. The van der Waals surface area contributed by atoms with E-state index in [0.29, 0.717) is 9.75 Å². The fourth-order valence-corrected chi connectivity index (χ4v) is 2.54. The van der Waals surface area contributed by atoms with Crippen LogP contribution >= 0.6 is 22.7 Å². The van der Waals surface area contributed by atoms with Crippen molar-refractivity contribution in [3.05, 3.63) is 44.8 Å². The summed E-state index contributed by atoms with van der Waals surface area (Å²) in [5.74, 6) is -2.41. The molecule has 8 nitrogen and oxygen atoms in total. The molecule has 24 heavy (non-hydrogen) atoms.